The van der Waals surface area contributed by atoms with Crippen molar-refractivity contribution in [1.82, 2.24) is 5.32 Å². The summed E-state index contributed by atoms with van der Waals surface area (Å²) in [7, 11) is 0. The first-order chi connectivity index (χ1) is 8.06. The molecule has 2 rings (SSSR count). The minimum absolute atomic E-state index is 0.0719. The summed E-state index contributed by atoms with van der Waals surface area (Å²) in [5.41, 5.74) is 0. The average Bonchev–Trinajstić information content (AvgIpc) is 2.99. The molecule has 4 nitrogen and oxygen atoms in total. The van der Waals surface area contributed by atoms with E-state index >= 15 is 0 Å². The molecule has 0 saturated heterocycles. The van der Waals surface area contributed by atoms with Gasteiger partial charge in [-0.2, -0.15) is 0 Å². The van der Waals surface area contributed by atoms with Crippen LogP contribution in [0, 0.1) is 5.92 Å². The van der Waals surface area contributed by atoms with E-state index in [0.29, 0.717) is 4.88 Å². The highest BCUT2D eigenvalue weighted by molar-refractivity contribution is 7.18. The molecule has 0 aromatic carbocycles. The van der Waals surface area contributed by atoms with Crippen LogP contribution in [0.3, 0.4) is 0 Å². The first kappa shape index (κ1) is 12.1. The minimum Gasteiger partial charge on any atom is -0.349 e. The smallest absolute Gasteiger partial charge is 0.261 e. The molecule has 0 unspecified atom stereocenters. The van der Waals surface area contributed by atoms with Crippen LogP contribution in [0.1, 0.15) is 36.4 Å². The lowest BCUT2D eigenvalue weighted by Gasteiger charge is -2.05. The molecular formula is C12H16N2O2S. The lowest BCUT2D eigenvalue weighted by Crippen LogP contribution is -2.29. The quantitative estimate of drug-likeness (QED) is 0.863. The van der Waals surface area contributed by atoms with E-state index in [0.717, 1.165) is 17.8 Å². The Morgan fingerprint density at radius 2 is 2.06 bits per heavy atom. The van der Waals surface area contributed by atoms with Crippen LogP contribution in [0.4, 0.5) is 5.00 Å². The zero-order valence-corrected chi connectivity index (χ0v) is 10.8. The van der Waals surface area contributed by atoms with Gasteiger partial charge in [-0.25, -0.2) is 0 Å². The highest BCUT2D eigenvalue weighted by Gasteiger charge is 2.29. The van der Waals surface area contributed by atoms with Gasteiger partial charge in [0.2, 0.25) is 5.91 Å². The molecule has 1 heterocycles. The van der Waals surface area contributed by atoms with Gasteiger partial charge in [-0.1, -0.05) is 0 Å². The highest BCUT2D eigenvalue weighted by Crippen LogP contribution is 2.31. The number of thiophene rings is 1. The van der Waals surface area contributed by atoms with Crippen molar-refractivity contribution in [2.24, 2.45) is 5.92 Å². The summed E-state index contributed by atoms with van der Waals surface area (Å²) in [6.07, 6.45) is 1.97. The number of hydrogen-bond donors (Lipinski definition) is 2. The number of rotatable bonds is 4. The Bertz CT molecular complexity index is 435. The third kappa shape index (κ3) is 3.30. The lowest BCUT2D eigenvalue weighted by molar-refractivity contribution is -0.117. The number of amides is 2. The molecule has 0 spiro atoms. The molecule has 2 N–H and O–H groups in total. The third-order valence-electron chi connectivity index (χ3n) is 2.44. The van der Waals surface area contributed by atoms with Gasteiger partial charge >= 0.3 is 0 Å². The topological polar surface area (TPSA) is 58.2 Å². The SMILES string of the molecule is CC(C)NC(=O)c1ccc(NC(=O)C2CC2)s1. The monoisotopic (exact) mass is 252 g/mol. The van der Waals surface area contributed by atoms with Gasteiger partial charge in [-0.05, 0) is 38.8 Å². The zero-order valence-electron chi connectivity index (χ0n) is 9.95. The van der Waals surface area contributed by atoms with Crippen LogP contribution in [0.2, 0.25) is 0 Å². The Hall–Kier alpha value is -1.36. The van der Waals surface area contributed by atoms with Crippen LogP contribution in [-0.2, 0) is 4.79 Å². The van der Waals surface area contributed by atoms with E-state index in [1.807, 2.05) is 13.8 Å². The van der Waals surface area contributed by atoms with Crippen LogP contribution < -0.4 is 10.6 Å². The van der Waals surface area contributed by atoms with E-state index in [-0.39, 0.29) is 23.8 Å². The zero-order chi connectivity index (χ0) is 12.4. The standard InChI is InChI=1S/C12H16N2O2S/c1-7(2)13-12(16)9-5-6-10(17-9)14-11(15)8-3-4-8/h5-8H,3-4H2,1-2H3,(H,13,16)(H,14,15). The van der Waals surface area contributed by atoms with Crippen molar-refractivity contribution in [3.8, 4) is 0 Å². The Morgan fingerprint density at radius 1 is 1.35 bits per heavy atom. The van der Waals surface area contributed by atoms with Crippen molar-refractivity contribution in [2.75, 3.05) is 5.32 Å². The molecule has 0 radical (unpaired) electrons. The van der Waals surface area contributed by atoms with Crippen molar-refractivity contribution in [1.29, 1.82) is 0 Å². The fourth-order valence-electron chi connectivity index (χ4n) is 1.43. The van der Waals surface area contributed by atoms with E-state index in [4.69, 9.17) is 0 Å². The molecule has 1 fully saturated rings. The van der Waals surface area contributed by atoms with Gasteiger partial charge in [-0.15, -0.1) is 11.3 Å². The molecule has 0 aliphatic heterocycles. The van der Waals surface area contributed by atoms with Gasteiger partial charge in [0.25, 0.3) is 5.91 Å². The second-order valence-electron chi connectivity index (χ2n) is 4.56. The van der Waals surface area contributed by atoms with Gasteiger partial charge in [0.15, 0.2) is 0 Å². The fourth-order valence-corrected chi connectivity index (χ4v) is 2.24. The highest BCUT2D eigenvalue weighted by atomic mass is 32.1. The van der Waals surface area contributed by atoms with Crippen molar-refractivity contribution in [3.05, 3.63) is 17.0 Å². The van der Waals surface area contributed by atoms with Crippen LogP contribution in [0.25, 0.3) is 0 Å². The molecule has 92 valence electrons. The molecule has 1 aromatic rings. The van der Waals surface area contributed by atoms with Gasteiger partial charge in [-0.3, -0.25) is 9.59 Å². The number of hydrogen-bond acceptors (Lipinski definition) is 3. The van der Waals surface area contributed by atoms with Crippen molar-refractivity contribution in [3.63, 3.8) is 0 Å². The Morgan fingerprint density at radius 3 is 2.65 bits per heavy atom. The maximum atomic E-state index is 11.7. The van der Waals surface area contributed by atoms with E-state index in [2.05, 4.69) is 10.6 Å². The van der Waals surface area contributed by atoms with Crippen molar-refractivity contribution < 1.29 is 9.59 Å². The van der Waals surface area contributed by atoms with Gasteiger partial charge in [0.1, 0.15) is 0 Å². The van der Waals surface area contributed by atoms with Gasteiger partial charge in [0, 0.05) is 12.0 Å². The molecule has 17 heavy (non-hydrogen) atoms. The molecule has 1 saturated carbocycles. The summed E-state index contributed by atoms with van der Waals surface area (Å²) >= 11 is 1.31. The Labute approximate surface area is 104 Å². The third-order valence-corrected chi connectivity index (χ3v) is 3.44. The number of carbonyl (C=O) groups is 2. The molecule has 5 heteroatoms. The maximum absolute atomic E-state index is 11.7. The summed E-state index contributed by atoms with van der Waals surface area (Å²) in [5, 5.41) is 6.40. The summed E-state index contributed by atoms with van der Waals surface area (Å²) in [5.74, 6) is 0.171. The second kappa shape index (κ2) is 4.87. The normalized spacial score (nSPS) is 14.8. The van der Waals surface area contributed by atoms with E-state index < -0.39 is 0 Å². The summed E-state index contributed by atoms with van der Waals surface area (Å²) in [4.78, 5) is 23.8. The fraction of sp³-hybridized carbons (Fsp3) is 0.500. The van der Waals surface area contributed by atoms with E-state index in [1.54, 1.807) is 12.1 Å². The van der Waals surface area contributed by atoms with E-state index in [1.165, 1.54) is 11.3 Å². The second-order valence-corrected chi connectivity index (χ2v) is 5.64. The lowest BCUT2D eigenvalue weighted by atomic mass is 10.3. The Balaban J connectivity index is 1.95. The summed E-state index contributed by atoms with van der Waals surface area (Å²) < 4.78 is 0. The van der Waals surface area contributed by atoms with Crippen LogP contribution in [-0.4, -0.2) is 17.9 Å². The average molecular weight is 252 g/mol. The van der Waals surface area contributed by atoms with E-state index in [9.17, 15) is 9.59 Å². The minimum atomic E-state index is -0.0862. The number of nitrogens with one attached hydrogen (secondary N) is 2. The first-order valence-corrected chi connectivity index (χ1v) is 6.59. The summed E-state index contributed by atoms with van der Waals surface area (Å²) in [6, 6.07) is 3.64. The molecule has 2 amide bonds. The Kier molecular flexibility index (Phi) is 3.47. The molecule has 0 atom stereocenters. The molecule has 1 aromatic heterocycles. The maximum Gasteiger partial charge on any atom is 0.261 e. The molecular weight excluding hydrogens is 236 g/mol. The molecule has 0 bridgehead atoms. The molecule has 1 aliphatic carbocycles. The van der Waals surface area contributed by atoms with Gasteiger partial charge < -0.3 is 10.6 Å². The predicted molar refractivity (Wildman–Crippen MR) is 68.3 cm³/mol. The van der Waals surface area contributed by atoms with Crippen molar-refractivity contribution in [2.45, 2.75) is 32.7 Å². The van der Waals surface area contributed by atoms with Crippen LogP contribution >= 0.6 is 11.3 Å². The number of carbonyl (C=O) groups excluding carboxylic acids is 2. The number of anilines is 1. The van der Waals surface area contributed by atoms with Crippen LogP contribution in [0.5, 0.6) is 0 Å². The summed E-state index contributed by atoms with van der Waals surface area (Å²) in [6.45, 7) is 3.84. The van der Waals surface area contributed by atoms with Crippen LogP contribution in [0.15, 0.2) is 12.1 Å². The van der Waals surface area contributed by atoms with Crippen molar-refractivity contribution >= 4 is 28.2 Å². The largest absolute Gasteiger partial charge is 0.349 e. The molecule has 1 aliphatic rings. The van der Waals surface area contributed by atoms with Gasteiger partial charge in [0.05, 0.1) is 9.88 Å². The first-order valence-electron chi connectivity index (χ1n) is 5.78. The predicted octanol–water partition coefficient (Wildman–Crippen LogP) is 2.23.